The Morgan fingerprint density at radius 2 is 2.25 bits per heavy atom. The molecule has 0 saturated heterocycles. The van der Waals surface area contributed by atoms with Crippen molar-refractivity contribution in [2.24, 2.45) is 5.92 Å². The summed E-state index contributed by atoms with van der Waals surface area (Å²) in [7, 11) is 0. The van der Waals surface area contributed by atoms with Crippen LogP contribution in [0.3, 0.4) is 0 Å². The van der Waals surface area contributed by atoms with E-state index in [0.29, 0.717) is 18.8 Å². The van der Waals surface area contributed by atoms with Crippen LogP contribution in [0, 0.1) is 24.2 Å². The highest BCUT2D eigenvalue weighted by Crippen LogP contribution is 2.17. The lowest BCUT2D eigenvalue weighted by molar-refractivity contribution is 0.0692. The summed E-state index contributed by atoms with van der Waals surface area (Å²) in [6.45, 7) is 5.95. The van der Waals surface area contributed by atoms with Gasteiger partial charge >= 0.3 is 12.0 Å². The molecule has 1 aromatic rings. The van der Waals surface area contributed by atoms with E-state index >= 15 is 0 Å². The van der Waals surface area contributed by atoms with Gasteiger partial charge in [-0.25, -0.2) is 9.59 Å². The molecular weight excluding hydrogens is 260 g/mol. The van der Waals surface area contributed by atoms with Gasteiger partial charge in [0, 0.05) is 18.8 Å². The number of H-pyrrole nitrogens is 1. The Bertz CT molecular complexity index is 544. The molecule has 0 aliphatic carbocycles. The average molecular weight is 278 g/mol. The maximum absolute atomic E-state index is 12.1. The number of aromatic nitrogens is 1. The second kappa shape index (κ2) is 6.61. The molecule has 0 aromatic carbocycles. The number of aromatic carboxylic acids is 1. The molecule has 0 aliphatic rings. The van der Waals surface area contributed by atoms with Crippen LogP contribution in [0.4, 0.5) is 10.5 Å². The third-order valence-corrected chi connectivity index (χ3v) is 2.79. The van der Waals surface area contributed by atoms with Crippen LogP contribution < -0.4 is 5.32 Å². The van der Waals surface area contributed by atoms with Gasteiger partial charge in [0.25, 0.3) is 0 Å². The molecule has 1 atom stereocenters. The predicted octanol–water partition coefficient (Wildman–Crippen LogP) is 2.03. The normalized spacial score (nSPS) is 11.5. The smallest absolute Gasteiger partial charge is 0.354 e. The van der Waals surface area contributed by atoms with Crippen LogP contribution in [0.2, 0.25) is 0 Å². The zero-order chi connectivity index (χ0) is 15.3. The van der Waals surface area contributed by atoms with Crippen molar-refractivity contribution < 1.29 is 14.7 Å². The minimum Gasteiger partial charge on any atom is -0.477 e. The molecule has 0 aliphatic heterocycles. The summed E-state index contributed by atoms with van der Waals surface area (Å²) in [6.07, 6.45) is 0. The average Bonchev–Trinajstić information content (AvgIpc) is 2.76. The summed E-state index contributed by atoms with van der Waals surface area (Å²) in [5.41, 5.74) is 0.814. The first-order chi connectivity index (χ1) is 9.38. The van der Waals surface area contributed by atoms with Gasteiger partial charge in [0.15, 0.2) is 0 Å². The van der Waals surface area contributed by atoms with E-state index in [0.717, 1.165) is 0 Å². The molecule has 7 nitrogen and oxygen atoms in total. The molecule has 1 aromatic heterocycles. The van der Waals surface area contributed by atoms with E-state index in [-0.39, 0.29) is 17.3 Å². The third kappa shape index (κ3) is 3.75. The molecule has 1 rings (SSSR count). The van der Waals surface area contributed by atoms with Crippen molar-refractivity contribution >= 4 is 17.7 Å². The second-order valence-electron chi connectivity index (χ2n) is 4.55. The number of nitrogens with zero attached hydrogens (tertiary/aromatic N) is 2. The van der Waals surface area contributed by atoms with Gasteiger partial charge in [0.05, 0.1) is 17.7 Å². The minimum atomic E-state index is -1.14. The van der Waals surface area contributed by atoms with Crippen LogP contribution in [0.5, 0.6) is 0 Å². The van der Waals surface area contributed by atoms with Crippen LogP contribution in [0.25, 0.3) is 0 Å². The fourth-order valence-electron chi connectivity index (χ4n) is 1.78. The Labute approximate surface area is 117 Å². The highest BCUT2D eigenvalue weighted by atomic mass is 16.4. The maximum Gasteiger partial charge on any atom is 0.354 e. The van der Waals surface area contributed by atoms with E-state index in [2.05, 4.69) is 16.4 Å². The number of nitrogens with one attached hydrogen (secondary N) is 2. The van der Waals surface area contributed by atoms with Crippen molar-refractivity contribution in [1.29, 1.82) is 5.26 Å². The fourth-order valence-corrected chi connectivity index (χ4v) is 1.78. The Kier molecular flexibility index (Phi) is 5.15. The van der Waals surface area contributed by atoms with E-state index in [1.54, 1.807) is 26.8 Å². The molecule has 1 unspecified atom stereocenters. The van der Waals surface area contributed by atoms with Gasteiger partial charge in [-0.2, -0.15) is 5.26 Å². The Morgan fingerprint density at radius 1 is 1.60 bits per heavy atom. The van der Waals surface area contributed by atoms with Crippen molar-refractivity contribution in [1.82, 2.24) is 9.88 Å². The first-order valence-corrected chi connectivity index (χ1v) is 6.27. The highest BCUT2D eigenvalue weighted by molar-refractivity contribution is 5.99. The topological polar surface area (TPSA) is 109 Å². The molecule has 0 fully saturated rings. The number of amides is 2. The quantitative estimate of drug-likeness (QED) is 0.765. The summed E-state index contributed by atoms with van der Waals surface area (Å²) in [4.78, 5) is 27.3. The zero-order valence-corrected chi connectivity index (χ0v) is 11.7. The lowest BCUT2D eigenvalue weighted by Gasteiger charge is -2.22. The summed E-state index contributed by atoms with van der Waals surface area (Å²) < 4.78 is 0. The number of hydrogen-bond donors (Lipinski definition) is 3. The van der Waals surface area contributed by atoms with E-state index in [9.17, 15) is 9.59 Å². The number of nitriles is 1. The molecule has 2 amide bonds. The van der Waals surface area contributed by atoms with Crippen LogP contribution >= 0.6 is 0 Å². The first-order valence-electron chi connectivity index (χ1n) is 6.27. The van der Waals surface area contributed by atoms with Crippen LogP contribution in [-0.4, -0.2) is 40.1 Å². The van der Waals surface area contributed by atoms with Crippen molar-refractivity contribution in [2.45, 2.75) is 20.8 Å². The summed E-state index contributed by atoms with van der Waals surface area (Å²) in [5.74, 6) is -1.42. The van der Waals surface area contributed by atoms with Crippen LogP contribution in [0.1, 0.15) is 30.0 Å². The van der Waals surface area contributed by atoms with Gasteiger partial charge < -0.3 is 20.3 Å². The standard InChI is InChI=1S/C13H18N4O3/c1-4-17(7-8(2)6-14)13(20)16-10-5-9(3)15-11(10)12(18)19/h5,8,15H,4,7H2,1-3H3,(H,16,20)(H,18,19). The van der Waals surface area contributed by atoms with Gasteiger partial charge in [-0.1, -0.05) is 0 Å². The third-order valence-electron chi connectivity index (χ3n) is 2.79. The number of carbonyl (C=O) groups is 2. The molecular formula is C13H18N4O3. The summed E-state index contributed by atoms with van der Waals surface area (Å²) >= 11 is 0. The molecule has 0 saturated carbocycles. The SMILES string of the molecule is CCN(CC(C)C#N)C(=O)Nc1cc(C)[nH]c1C(=O)O. The lowest BCUT2D eigenvalue weighted by Crippen LogP contribution is -2.37. The molecule has 0 radical (unpaired) electrons. The number of hydrogen-bond acceptors (Lipinski definition) is 3. The monoisotopic (exact) mass is 278 g/mol. The number of carboxylic acids is 1. The van der Waals surface area contributed by atoms with Gasteiger partial charge in [-0.05, 0) is 26.8 Å². The summed E-state index contributed by atoms with van der Waals surface area (Å²) in [5, 5.41) is 20.4. The number of aryl methyl sites for hydroxylation is 1. The van der Waals surface area contributed by atoms with Crippen molar-refractivity contribution in [2.75, 3.05) is 18.4 Å². The Hall–Kier alpha value is -2.49. The second-order valence-corrected chi connectivity index (χ2v) is 4.55. The van der Waals surface area contributed by atoms with Gasteiger partial charge in [-0.3, -0.25) is 0 Å². The first kappa shape index (κ1) is 15.6. The largest absolute Gasteiger partial charge is 0.477 e. The number of carboxylic acid groups (broad SMARTS) is 1. The number of rotatable bonds is 5. The Balaban J connectivity index is 2.84. The van der Waals surface area contributed by atoms with E-state index in [1.807, 2.05) is 0 Å². The molecule has 0 spiro atoms. The number of anilines is 1. The molecule has 20 heavy (non-hydrogen) atoms. The zero-order valence-electron chi connectivity index (χ0n) is 11.7. The molecule has 7 heteroatoms. The minimum absolute atomic E-state index is 0.0553. The molecule has 1 heterocycles. The fraction of sp³-hybridized carbons (Fsp3) is 0.462. The lowest BCUT2D eigenvalue weighted by atomic mass is 10.2. The Morgan fingerprint density at radius 3 is 2.75 bits per heavy atom. The van der Waals surface area contributed by atoms with Crippen LogP contribution in [-0.2, 0) is 0 Å². The van der Waals surface area contributed by atoms with Crippen molar-refractivity contribution in [3.05, 3.63) is 17.5 Å². The van der Waals surface area contributed by atoms with Crippen molar-refractivity contribution in [3.8, 4) is 6.07 Å². The number of carbonyl (C=O) groups excluding carboxylic acids is 1. The maximum atomic E-state index is 12.1. The summed E-state index contributed by atoms with van der Waals surface area (Å²) in [6, 6.07) is 3.20. The van der Waals surface area contributed by atoms with Crippen LogP contribution in [0.15, 0.2) is 6.07 Å². The van der Waals surface area contributed by atoms with E-state index in [1.165, 1.54) is 4.90 Å². The predicted molar refractivity (Wildman–Crippen MR) is 73.5 cm³/mol. The number of urea groups is 1. The molecule has 108 valence electrons. The molecule has 3 N–H and O–H groups in total. The van der Waals surface area contributed by atoms with Crippen molar-refractivity contribution in [3.63, 3.8) is 0 Å². The highest BCUT2D eigenvalue weighted by Gasteiger charge is 2.19. The van der Waals surface area contributed by atoms with E-state index < -0.39 is 12.0 Å². The number of aromatic amines is 1. The van der Waals surface area contributed by atoms with Gasteiger partial charge in [-0.15, -0.1) is 0 Å². The van der Waals surface area contributed by atoms with E-state index in [4.69, 9.17) is 10.4 Å². The van der Waals surface area contributed by atoms with Gasteiger partial charge in [0.2, 0.25) is 0 Å². The molecule has 0 bridgehead atoms. The van der Waals surface area contributed by atoms with Gasteiger partial charge in [0.1, 0.15) is 5.69 Å².